The zero-order valence-corrected chi connectivity index (χ0v) is 9.02. The molecule has 5 nitrogen and oxygen atoms in total. The Hall–Kier alpha value is -2.43. The third-order valence-corrected chi connectivity index (χ3v) is 2.51. The van der Waals surface area contributed by atoms with Gasteiger partial charge >= 0.3 is 0 Å². The van der Waals surface area contributed by atoms with Gasteiger partial charge in [0.2, 0.25) is 0 Å². The maximum atomic E-state index is 11.5. The van der Waals surface area contributed by atoms with Crippen LogP contribution in [0.1, 0.15) is 5.69 Å². The molecule has 3 aromatic rings. The van der Waals surface area contributed by atoms with Crippen molar-refractivity contribution < 1.29 is 0 Å². The van der Waals surface area contributed by atoms with Gasteiger partial charge < -0.3 is 4.40 Å². The fourth-order valence-corrected chi connectivity index (χ4v) is 1.72. The summed E-state index contributed by atoms with van der Waals surface area (Å²) < 4.78 is 3.31. The van der Waals surface area contributed by atoms with Crippen LogP contribution in [-0.4, -0.2) is 19.2 Å². The molecule has 0 aliphatic rings. The van der Waals surface area contributed by atoms with Gasteiger partial charge in [0.15, 0.2) is 0 Å². The predicted molar refractivity (Wildman–Crippen MR) is 62.8 cm³/mol. The summed E-state index contributed by atoms with van der Waals surface area (Å²) in [5.41, 5.74) is 1.56. The van der Waals surface area contributed by atoms with E-state index in [0.29, 0.717) is 6.54 Å². The minimum Gasteiger partial charge on any atom is -0.307 e. The van der Waals surface area contributed by atoms with Crippen molar-refractivity contribution in [2.75, 3.05) is 0 Å². The van der Waals surface area contributed by atoms with Crippen LogP contribution in [0, 0.1) is 0 Å². The molecule has 0 radical (unpaired) electrons. The van der Waals surface area contributed by atoms with Crippen LogP contribution in [0.5, 0.6) is 0 Å². The third kappa shape index (κ3) is 1.82. The van der Waals surface area contributed by atoms with Gasteiger partial charge in [-0.05, 0) is 18.2 Å². The Kier molecular flexibility index (Phi) is 2.22. The summed E-state index contributed by atoms with van der Waals surface area (Å²) in [6.45, 7) is 0.390. The van der Waals surface area contributed by atoms with Crippen molar-refractivity contribution in [1.82, 2.24) is 19.2 Å². The lowest BCUT2D eigenvalue weighted by atomic mass is 10.4. The third-order valence-electron chi connectivity index (χ3n) is 2.51. The molecular formula is C12H10N4O. The van der Waals surface area contributed by atoms with E-state index in [-0.39, 0.29) is 5.56 Å². The number of hydrogen-bond donors (Lipinski definition) is 0. The second kappa shape index (κ2) is 3.86. The van der Waals surface area contributed by atoms with Gasteiger partial charge in [0.05, 0.1) is 12.2 Å². The predicted octanol–water partition coefficient (Wildman–Crippen LogP) is 0.939. The van der Waals surface area contributed by atoms with E-state index in [1.165, 1.54) is 10.7 Å². The number of imidazole rings is 1. The maximum Gasteiger partial charge on any atom is 0.267 e. The number of nitrogens with zero attached hydrogens (tertiary/aromatic N) is 4. The molecule has 0 saturated heterocycles. The lowest BCUT2D eigenvalue weighted by molar-refractivity contribution is 0.630. The molecule has 0 amide bonds. The van der Waals surface area contributed by atoms with Gasteiger partial charge in [-0.15, -0.1) is 0 Å². The molecule has 0 aromatic carbocycles. The maximum absolute atomic E-state index is 11.5. The molecule has 3 rings (SSSR count). The van der Waals surface area contributed by atoms with Gasteiger partial charge in [-0.2, -0.15) is 5.10 Å². The van der Waals surface area contributed by atoms with Gasteiger partial charge in [0, 0.05) is 24.7 Å². The average molecular weight is 226 g/mol. The van der Waals surface area contributed by atoms with E-state index in [9.17, 15) is 4.79 Å². The molecular weight excluding hydrogens is 216 g/mol. The standard InChI is InChI=1S/C12H10N4O/c17-12-5-3-6-13-16(12)9-10-8-15-7-2-1-4-11(15)14-10/h1-8H,9H2. The van der Waals surface area contributed by atoms with Crippen LogP contribution in [0.4, 0.5) is 0 Å². The summed E-state index contributed by atoms with van der Waals surface area (Å²) in [6, 6.07) is 8.90. The first-order valence-electron chi connectivity index (χ1n) is 5.28. The normalized spacial score (nSPS) is 10.8. The molecule has 0 aliphatic heterocycles. The lowest BCUT2D eigenvalue weighted by Crippen LogP contribution is -2.21. The number of aromatic nitrogens is 4. The van der Waals surface area contributed by atoms with Crippen molar-refractivity contribution in [3.05, 3.63) is 65.0 Å². The number of hydrogen-bond acceptors (Lipinski definition) is 3. The highest BCUT2D eigenvalue weighted by Crippen LogP contribution is 2.04. The van der Waals surface area contributed by atoms with Crippen LogP contribution in [0.15, 0.2) is 53.7 Å². The minimum absolute atomic E-state index is 0.121. The summed E-state index contributed by atoms with van der Waals surface area (Å²) in [5.74, 6) is 0. The SMILES string of the molecule is O=c1cccnn1Cc1cn2ccccc2n1. The zero-order valence-electron chi connectivity index (χ0n) is 9.02. The van der Waals surface area contributed by atoms with Crippen LogP contribution in [0.25, 0.3) is 5.65 Å². The van der Waals surface area contributed by atoms with E-state index < -0.39 is 0 Å². The second-order valence-electron chi connectivity index (χ2n) is 3.72. The molecule has 17 heavy (non-hydrogen) atoms. The molecule has 0 saturated carbocycles. The van der Waals surface area contributed by atoms with Crippen molar-refractivity contribution >= 4 is 5.65 Å². The van der Waals surface area contributed by atoms with Gasteiger partial charge in [0.25, 0.3) is 5.56 Å². The molecule has 0 atom stereocenters. The van der Waals surface area contributed by atoms with Gasteiger partial charge in [-0.25, -0.2) is 9.67 Å². The van der Waals surface area contributed by atoms with Crippen molar-refractivity contribution in [2.24, 2.45) is 0 Å². The molecule has 3 heterocycles. The van der Waals surface area contributed by atoms with Gasteiger partial charge in [-0.3, -0.25) is 4.79 Å². The monoisotopic (exact) mass is 226 g/mol. The molecule has 0 aliphatic carbocycles. The Balaban J connectivity index is 2.00. The smallest absolute Gasteiger partial charge is 0.267 e. The largest absolute Gasteiger partial charge is 0.307 e. The Morgan fingerprint density at radius 2 is 2.12 bits per heavy atom. The van der Waals surface area contributed by atoms with Crippen molar-refractivity contribution in [2.45, 2.75) is 6.54 Å². The van der Waals surface area contributed by atoms with E-state index in [1.807, 2.05) is 35.0 Å². The van der Waals surface area contributed by atoms with Crippen LogP contribution in [-0.2, 0) is 6.54 Å². The molecule has 5 heteroatoms. The Labute approximate surface area is 97.0 Å². The van der Waals surface area contributed by atoms with Crippen molar-refractivity contribution in [1.29, 1.82) is 0 Å². The topological polar surface area (TPSA) is 52.2 Å². The highest BCUT2D eigenvalue weighted by molar-refractivity contribution is 5.39. The first-order chi connectivity index (χ1) is 8.33. The van der Waals surface area contributed by atoms with Crippen LogP contribution < -0.4 is 5.56 Å². The molecule has 3 aromatic heterocycles. The minimum atomic E-state index is -0.121. The fourth-order valence-electron chi connectivity index (χ4n) is 1.72. The average Bonchev–Trinajstić information content (AvgIpc) is 2.74. The molecule has 0 N–H and O–H groups in total. The highest BCUT2D eigenvalue weighted by Gasteiger charge is 2.03. The molecule has 0 bridgehead atoms. The van der Waals surface area contributed by atoms with E-state index >= 15 is 0 Å². The van der Waals surface area contributed by atoms with Gasteiger partial charge in [-0.1, -0.05) is 6.07 Å². The summed E-state index contributed by atoms with van der Waals surface area (Å²) in [5, 5.41) is 4.00. The summed E-state index contributed by atoms with van der Waals surface area (Å²) in [4.78, 5) is 15.9. The quantitative estimate of drug-likeness (QED) is 0.653. The lowest BCUT2D eigenvalue weighted by Gasteiger charge is -1.98. The number of pyridine rings is 1. The van der Waals surface area contributed by atoms with Crippen LogP contribution >= 0.6 is 0 Å². The second-order valence-corrected chi connectivity index (χ2v) is 3.72. The van der Waals surface area contributed by atoms with Crippen LogP contribution in [0.3, 0.4) is 0 Å². The Morgan fingerprint density at radius 3 is 2.94 bits per heavy atom. The number of rotatable bonds is 2. The van der Waals surface area contributed by atoms with E-state index in [2.05, 4.69) is 10.1 Å². The number of fused-ring (bicyclic) bond motifs is 1. The first-order valence-corrected chi connectivity index (χ1v) is 5.28. The van der Waals surface area contributed by atoms with Crippen LogP contribution in [0.2, 0.25) is 0 Å². The van der Waals surface area contributed by atoms with E-state index in [4.69, 9.17) is 0 Å². The first kappa shape index (κ1) is 9.77. The molecule has 84 valence electrons. The fraction of sp³-hybridized carbons (Fsp3) is 0.0833. The summed E-state index contributed by atoms with van der Waals surface area (Å²) in [7, 11) is 0. The molecule has 0 unspecified atom stereocenters. The van der Waals surface area contributed by atoms with Crippen molar-refractivity contribution in [3.8, 4) is 0 Å². The Bertz CT molecular complexity index is 680. The van der Waals surface area contributed by atoms with E-state index in [1.54, 1.807) is 12.3 Å². The molecule has 0 spiro atoms. The highest BCUT2D eigenvalue weighted by atomic mass is 16.1. The summed E-state index contributed by atoms with van der Waals surface area (Å²) in [6.07, 6.45) is 5.42. The van der Waals surface area contributed by atoms with Crippen molar-refractivity contribution in [3.63, 3.8) is 0 Å². The molecule has 0 fully saturated rings. The van der Waals surface area contributed by atoms with E-state index in [0.717, 1.165) is 11.3 Å². The Morgan fingerprint density at radius 1 is 1.18 bits per heavy atom. The zero-order chi connectivity index (χ0) is 11.7. The van der Waals surface area contributed by atoms with Gasteiger partial charge in [0.1, 0.15) is 5.65 Å². The summed E-state index contributed by atoms with van der Waals surface area (Å²) >= 11 is 0.